The van der Waals surface area contributed by atoms with Crippen LogP contribution >= 0.6 is 0 Å². The molecule has 1 aromatic rings. The van der Waals surface area contributed by atoms with Crippen LogP contribution < -0.4 is 0 Å². The first-order valence-electron chi connectivity index (χ1n) is 4.33. The van der Waals surface area contributed by atoms with Gasteiger partial charge < -0.3 is 9.15 Å². The van der Waals surface area contributed by atoms with Crippen molar-refractivity contribution in [3.63, 3.8) is 0 Å². The van der Waals surface area contributed by atoms with E-state index in [9.17, 15) is 4.79 Å². The van der Waals surface area contributed by atoms with E-state index in [-0.39, 0.29) is 5.76 Å². The second-order valence-electron chi connectivity index (χ2n) is 2.76. The highest BCUT2D eigenvalue weighted by Crippen LogP contribution is 2.06. The SMILES string of the molecule is CCCCOC(=O)c1ocnc1C. The third-order valence-corrected chi connectivity index (χ3v) is 1.66. The number of rotatable bonds is 4. The molecule has 1 aromatic heterocycles. The molecule has 0 atom stereocenters. The van der Waals surface area contributed by atoms with Gasteiger partial charge in [-0.15, -0.1) is 0 Å². The molecular formula is C9H13NO3. The van der Waals surface area contributed by atoms with Crippen LogP contribution in [0.2, 0.25) is 0 Å². The summed E-state index contributed by atoms with van der Waals surface area (Å²) < 4.78 is 9.81. The van der Waals surface area contributed by atoms with E-state index in [0.717, 1.165) is 12.8 Å². The lowest BCUT2D eigenvalue weighted by atomic mass is 10.3. The molecule has 72 valence electrons. The standard InChI is InChI=1S/C9H13NO3/c1-3-4-5-12-9(11)8-7(2)10-6-13-8/h6H,3-5H2,1-2H3. The van der Waals surface area contributed by atoms with E-state index in [0.29, 0.717) is 12.3 Å². The molecule has 0 aliphatic carbocycles. The number of esters is 1. The number of unbranched alkanes of at least 4 members (excludes halogenated alkanes) is 1. The molecule has 1 heterocycles. The summed E-state index contributed by atoms with van der Waals surface area (Å²) in [4.78, 5) is 15.0. The number of hydrogen-bond donors (Lipinski definition) is 0. The zero-order valence-electron chi connectivity index (χ0n) is 7.87. The Kier molecular flexibility index (Phi) is 3.49. The fraction of sp³-hybridized carbons (Fsp3) is 0.556. The van der Waals surface area contributed by atoms with Gasteiger partial charge in [-0.25, -0.2) is 9.78 Å². The summed E-state index contributed by atoms with van der Waals surface area (Å²) in [6.45, 7) is 4.18. The van der Waals surface area contributed by atoms with Gasteiger partial charge in [0.1, 0.15) is 0 Å². The van der Waals surface area contributed by atoms with Crippen LogP contribution in [0, 0.1) is 6.92 Å². The van der Waals surface area contributed by atoms with Crippen LogP contribution in [0.4, 0.5) is 0 Å². The van der Waals surface area contributed by atoms with Crippen molar-refractivity contribution in [2.75, 3.05) is 6.61 Å². The third-order valence-electron chi connectivity index (χ3n) is 1.66. The van der Waals surface area contributed by atoms with E-state index in [1.807, 2.05) is 6.92 Å². The quantitative estimate of drug-likeness (QED) is 0.528. The Hall–Kier alpha value is -1.32. The molecule has 0 saturated carbocycles. The van der Waals surface area contributed by atoms with E-state index in [4.69, 9.17) is 9.15 Å². The number of oxazole rings is 1. The molecule has 0 saturated heterocycles. The first-order chi connectivity index (χ1) is 6.25. The van der Waals surface area contributed by atoms with Crippen LogP contribution in [0.5, 0.6) is 0 Å². The molecule has 13 heavy (non-hydrogen) atoms. The highest BCUT2D eigenvalue weighted by atomic mass is 16.5. The number of ether oxygens (including phenoxy) is 1. The molecule has 0 fully saturated rings. The van der Waals surface area contributed by atoms with Gasteiger partial charge in [-0.05, 0) is 13.3 Å². The molecule has 0 spiro atoms. The highest BCUT2D eigenvalue weighted by molar-refractivity contribution is 5.87. The lowest BCUT2D eigenvalue weighted by molar-refractivity contribution is 0.0462. The van der Waals surface area contributed by atoms with Gasteiger partial charge >= 0.3 is 5.97 Å². The fourth-order valence-corrected chi connectivity index (χ4v) is 0.873. The van der Waals surface area contributed by atoms with Crippen molar-refractivity contribution in [2.24, 2.45) is 0 Å². The zero-order valence-corrected chi connectivity index (χ0v) is 7.87. The van der Waals surface area contributed by atoms with Crippen LogP contribution in [-0.4, -0.2) is 17.6 Å². The summed E-state index contributed by atoms with van der Waals surface area (Å²) in [5, 5.41) is 0. The summed E-state index contributed by atoms with van der Waals surface area (Å²) in [6.07, 6.45) is 3.12. The second-order valence-corrected chi connectivity index (χ2v) is 2.76. The Labute approximate surface area is 76.9 Å². The van der Waals surface area contributed by atoms with E-state index < -0.39 is 5.97 Å². The van der Waals surface area contributed by atoms with Gasteiger partial charge in [0.15, 0.2) is 6.39 Å². The van der Waals surface area contributed by atoms with Crippen LogP contribution in [0.15, 0.2) is 10.8 Å². The molecule has 0 aromatic carbocycles. The van der Waals surface area contributed by atoms with Crippen molar-refractivity contribution >= 4 is 5.97 Å². The predicted octanol–water partition coefficient (Wildman–Crippen LogP) is 1.94. The number of carbonyl (C=O) groups is 1. The summed E-state index contributed by atoms with van der Waals surface area (Å²) in [7, 11) is 0. The maximum Gasteiger partial charge on any atom is 0.376 e. The largest absolute Gasteiger partial charge is 0.460 e. The molecule has 4 nitrogen and oxygen atoms in total. The number of carbonyl (C=O) groups excluding carboxylic acids is 1. The molecule has 0 amide bonds. The smallest absolute Gasteiger partial charge is 0.376 e. The maximum absolute atomic E-state index is 11.2. The third kappa shape index (κ3) is 2.57. The minimum atomic E-state index is -0.427. The lowest BCUT2D eigenvalue weighted by Crippen LogP contribution is -2.06. The zero-order chi connectivity index (χ0) is 9.68. The molecule has 0 radical (unpaired) electrons. The molecule has 4 heteroatoms. The van der Waals surface area contributed by atoms with Crippen LogP contribution in [0.3, 0.4) is 0 Å². The van der Waals surface area contributed by atoms with E-state index in [2.05, 4.69) is 4.98 Å². The number of aryl methyl sites for hydroxylation is 1. The van der Waals surface area contributed by atoms with Crippen molar-refractivity contribution in [3.8, 4) is 0 Å². The van der Waals surface area contributed by atoms with Crippen LogP contribution in [0.1, 0.15) is 36.0 Å². The van der Waals surface area contributed by atoms with Gasteiger partial charge in [0.05, 0.1) is 12.3 Å². The first-order valence-corrected chi connectivity index (χ1v) is 4.33. The summed E-state index contributed by atoms with van der Waals surface area (Å²) in [5.41, 5.74) is 0.571. The van der Waals surface area contributed by atoms with Gasteiger partial charge in [0.2, 0.25) is 5.76 Å². The van der Waals surface area contributed by atoms with Crippen molar-refractivity contribution < 1.29 is 13.9 Å². The number of aromatic nitrogens is 1. The minimum Gasteiger partial charge on any atom is -0.460 e. The summed E-state index contributed by atoms with van der Waals surface area (Å²) >= 11 is 0. The topological polar surface area (TPSA) is 52.3 Å². The summed E-state index contributed by atoms with van der Waals surface area (Å²) in [5.74, 6) is -0.223. The minimum absolute atomic E-state index is 0.205. The van der Waals surface area contributed by atoms with Gasteiger partial charge in [-0.1, -0.05) is 13.3 Å². The van der Waals surface area contributed by atoms with Gasteiger partial charge in [0, 0.05) is 0 Å². The van der Waals surface area contributed by atoms with E-state index >= 15 is 0 Å². The van der Waals surface area contributed by atoms with Crippen molar-refractivity contribution in [1.29, 1.82) is 0 Å². The summed E-state index contributed by atoms with van der Waals surface area (Å²) in [6, 6.07) is 0. The Morgan fingerprint density at radius 1 is 1.69 bits per heavy atom. The molecule has 0 unspecified atom stereocenters. The highest BCUT2D eigenvalue weighted by Gasteiger charge is 2.14. The molecule has 0 N–H and O–H groups in total. The predicted molar refractivity (Wildman–Crippen MR) is 46.4 cm³/mol. The molecule has 0 aliphatic rings. The normalized spacial score (nSPS) is 10.0. The van der Waals surface area contributed by atoms with E-state index in [1.54, 1.807) is 6.92 Å². The van der Waals surface area contributed by atoms with Gasteiger partial charge in [0.25, 0.3) is 0 Å². The number of nitrogens with zero attached hydrogens (tertiary/aromatic N) is 1. The average molecular weight is 183 g/mol. The molecule has 0 bridgehead atoms. The Morgan fingerprint density at radius 3 is 3.00 bits per heavy atom. The Morgan fingerprint density at radius 2 is 2.46 bits per heavy atom. The van der Waals surface area contributed by atoms with Crippen LogP contribution in [-0.2, 0) is 4.74 Å². The lowest BCUT2D eigenvalue weighted by Gasteiger charge is -2.00. The van der Waals surface area contributed by atoms with Crippen molar-refractivity contribution in [2.45, 2.75) is 26.7 Å². The Balaban J connectivity index is 2.45. The molecule has 1 rings (SSSR count). The Bertz CT molecular complexity index is 280. The van der Waals surface area contributed by atoms with Crippen LogP contribution in [0.25, 0.3) is 0 Å². The maximum atomic E-state index is 11.2. The van der Waals surface area contributed by atoms with Gasteiger partial charge in [-0.2, -0.15) is 0 Å². The van der Waals surface area contributed by atoms with Gasteiger partial charge in [-0.3, -0.25) is 0 Å². The second kappa shape index (κ2) is 4.64. The fourth-order valence-electron chi connectivity index (χ4n) is 0.873. The van der Waals surface area contributed by atoms with E-state index in [1.165, 1.54) is 6.39 Å². The molecule has 0 aliphatic heterocycles. The monoisotopic (exact) mass is 183 g/mol. The molecular weight excluding hydrogens is 170 g/mol. The first kappa shape index (κ1) is 9.77. The average Bonchev–Trinajstić information content (AvgIpc) is 2.52. The van der Waals surface area contributed by atoms with Crippen molar-refractivity contribution in [1.82, 2.24) is 4.98 Å². The number of hydrogen-bond acceptors (Lipinski definition) is 4. The van der Waals surface area contributed by atoms with Crippen molar-refractivity contribution in [3.05, 3.63) is 17.8 Å².